The number of nitrogens with zero attached hydrogens (tertiary/aromatic N) is 5. The number of hydrogen-bond donors (Lipinski definition) is 0. The molecule has 0 saturated carbocycles. The molecule has 326 valence electrons. The SMILES string of the molecule is CC(C)(C)C1=CC(=C(/N=N/c2ccc(C(F)(F)F)cc2)c2cccc(C(/N=N/c3ccc(C(F)(F)F)cc3)=C3C=C(C(C)(C)C)C(=O)C(C(C)(C)C)=C3)n2)C=C(C(C)(C)C)C1=O. The summed E-state index contributed by atoms with van der Waals surface area (Å²) in [7, 11) is 0. The summed E-state index contributed by atoms with van der Waals surface area (Å²) in [6.45, 7) is 23.0. The molecule has 2 aliphatic carbocycles. The Balaban J connectivity index is 1.85. The summed E-state index contributed by atoms with van der Waals surface area (Å²) >= 11 is 0. The Morgan fingerprint density at radius 3 is 0.952 bits per heavy atom. The average molecular weight is 856 g/mol. The first-order valence-electron chi connectivity index (χ1n) is 20.0. The maximum atomic E-state index is 14.0. The molecule has 62 heavy (non-hydrogen) atoms. The van der Waals surface area contributed by atoms with Crippen LogP contribution in [0.15, 0.2) is 145 Å². The van der Waals surface area contributed by atoms with E-state index in [-0.39, 0.29) is 45.7 Å². The second-order valence-corrected chi connectivity index (χ2v) is 19.4. The van der Waals surface area contributed by atoms with Gasteiger partial charge in [-0.3, -0.25) is 9.59 Å². The second kappa shape index (κ2) is 16.8. The van der Waals surface area contributed by atoms with Gasteiger partial charge < -0.3 is 0 Å². The Labute approximate surface area is 359 Å². The highest BCUT2D eigenvalue weighted by Gasteiger charge is 2.37. The standard InChI is InChI=1S/C49H51F6N5O2/c1-44(2,3)34-24-28(25-35(42(34)61)45(4,5)6)40(59-57-32-20-16-30(17-21-32)48(50,51)52)38-14-13-15-39(56-38)41(60-58-33-22-18-31(19-23-33)49(53,54)55)29-26-36(46(7,8)9)43(62)37(27-29)47(10,11)12/h13-27H,1-12H3/b59-57+,60-58+. The molecular weight excluding hydrogens is 805 g/mol. The summed E-state index contributed by atoms with van der Waals surface area (Å²) < 4.78 is 80.6. The predicted molar refractivity (Wildman–Crippen MR) is 230 cm³/mol. The van der Waals surface area contributed by atoms with Crippen molar-refractivity contribution in [1.82, 2.24) is 4.98 Å². The summed E-state index contributed by atoms with van der Waals surface area (Å²) in [5.41, 5.74) is -0.125. The highest BCUT2D eigenvalue weighted by atomic mass is 19.4. The molecule has 0 amide bonds. The van der Waals surface area contributed by atoms with Crippen molar-refractivity contribution >= 4 is 34.3 Å². The topological polar surface area (TPSA) is 96.5 Å². The molecule has 0 bridgehead atoms. The van der Waals surface area contributed by atoms with Gasteiger partial charge in [-0.1, -0.05) is 89.2 Å². The van der Waals surface area contributed by atoms with Crippen molar-refractivity contribution in [3.05, 3.63) is 147 Å². The molecule has 0 atom stereocenters. The highest BCUT2D eigenvalue weighted by Crippen LogP contribution is 2.43. The molecule has 5 rings (SSSR count). The van der Waals surface area contributed by atoms with Crippen LogP contribution in [0.3, 0.4) is 0 Å². The summed E-state index contributed by atoms with van der Waals surface area (Å²) in [6, 6.07) is 13.4. The van der Waals surface area contributed by atoms with E-state index in [1.807, 2.05) is 83.1 Å². The Kier molecular flexibility index (Phi) is 12.8. The highest BCUT2D eigenvalue weighted by molar-refractivity contribution is 6.13. The van der Waals surface area contributed by atoms with E-state index in [0.29, 0.717) is 33.4 Å². The first-order valence-corrected chi connectivity index (χ1v) is 20.0. The van der Waals surface area contributed by atoms with Crippen molar-refractivity contribution in [3.8, 4) is 0 Å². The molecule has 2 aromatic carbocycles. The van der Waals surface area contributed by atoms with Gasteiger partial charge in [-0.05, 0) is 107 Å². The van der Waals surface area contributed by atoms with E-state index >= 15 is 0 Å². The molecule has 1 aromatic heterocycles. The van der Waals surface area contributed by atoms with Crippen LogP contribution in [-0.2, 0) is 21.9 Å². The number of carbonyl (C=O) groups excluding carboxylic acids is 2. The van der Waals surface area contributed by atoms with E-state index in [9.17, 15) is 35.9 Å². The number of allylic oxidation sites excluding steroid dienone is 10. The smallest absolute Gasteiger partial charge is 0.289 e. The zero-order chi connectivity index (χ0) is 46.4. The van der Waals surface area contributed by atoms with Crippen LogP contribution >= 0.6 is 0 Å². The van der Waals surface area contributed by atoms with E-state index in [0.717, 1.165) is 24.3 Å². The van der Waals surface area contributed by atoms with Crippen molar-refractivity contribution in [1.29, 1.82) is 0 Å². The number of alkyl halides is 6. The maximum Gasteiger partial charge on any atom is 0.416 e. The normalized spacial score (nSPS) is 16.2. The Bertz CT molecular complexity index is 2270. The number of aromatic nitrogens is 1. The number of carbonyl (C=O) groups is 2. The zero-order valence-electron chi connectivity index (χ0n) is 37.0. The van der Waals surface area contributed by atoms with Crippen molar-refractivity contribution in [2.24, 2.45) is 42.1 Å². The fraction of sp³-hybridized carbons (Fsp3) is 0.367. The van der Waals surface area contributed by atoms with E-state index in [1.54, 1.807) is 42.5 Å². The van der Waals surface area contributed by atoms with Crippen LogP contribution in [0.2, 0.25) is 0 Å². The molecule has 13 heteroatoms. The van der Waals surface area contributed by atoms with E-state index in [4.69, 9.17) is 4.98 Å². The molecule has 0 aliphatic heterocycles. The number of hydrogen-bond acceptors (Lipinski definition) is 7. The first kappa shape index (κ1) is 47.2. The lowest BCUT2D eigenvalue weighted by molar-refractivity contribution is -0.138. The van der Waals surface area contributed by atoms with Gasteiger partial charge in [-0.2, -0.15) is 36.6 Å². The largest absolute Gasteiger partial charge is 0.416 e. The molecule has 3 aromatic rings. The third-order valence-electron chi connectivity index (χ3n) is 10.1. The zero-order valence-corrected chi connectivity index (χ0v) is 37.0. The van der Waals surface area contributed by atoms with Gasteiger partial charge >= 0.3 is 12.4 Å². The summed E-state index contributed by atoms with van der Waals surface area (Å²) in [6.07, 6.45) is -2.23. The van der Waals surface area contributed by atoms with Crippen molar-refractivity contribution in [2.75, 3.05) is 0 Å². The quantitative estimate of drug-likeness (QED) is 0.182. The Hall–Kier alpha value is -5.85. The molecule has 1 heterocycles. The minimum Gasteiger partial charge on any atom is -0.289 e. The number of ketones is 2. The fourth-order valence-corrected chi connectivity index (χ4v) is 6.62. The van der Waals surface area contributed by atoms with Gasteiger partial charge in [-0.15, -0.1) is 10.2 Å². The number of halogens is 6. The molecule has 0 fully saturated rings. The summed E-state index contributed by atoms with van der Waals surface area (Å²) in [5, 5.41) is 17.9. The monoisotopic (exact) mass is 855 g/mol. The molecule has 7 nitrogen and oxygen atoms in total. The van der Waals surface area contributed by atoms with Crippen LogP contribution in [0, 0.1) is 21.7 Å². The van der Waals surface area contributed by atoms with E-state index in [2.05, 4.69) is 20.5 Å². The number of Topliss-reactive ketones (excluding diaryl/α,β-unsaturated/α-hetero) is 2. The molecule has 2 aliphatic rings. The molecule has 0 N–H and O–H groups in total. The van der Waals surface area contributed by atoms with Crippen LogP contribution < -0.4 is 0 Å². The van der Waals surface area contributed by atoms with Crippen LogP contribution in [0.4, 0.5) is 37.7 Å². The maximum absolute atomic E-state index is 14.0. The first-order chi connectivity index (χ1) is 28.4. The van der Waals surface area contributed by atoms with Crippen LogP contribution in [0.1, 0.15) is 106 Å². The molecule has 0 spiro atoms. The third-order valence-corrected chi connectivity index (χ3v) is 10.1. The van der Waals surface area contributed by atoms with Gasteiger partial charge in [0.2, 0.25) is 0 Å². The van der Waals surface area contributed by atoms with Crippen LogP contribution in [-0.4, -0.2) is 16.6 Å². The molecular formula is C49H51F6N5O2. The van der Waals surface area contributed by atoms with Gasteiger partial charge in [0.15, 0.2) is 11.6 Å². The van der Waals surface area contributed by atoms with Gasteiger partial charge in [0.1, 0.15) is 11.4 Å². The van der Waals surface area contributed by atoms with Crippen molar-refractivity contribution in [2.45, 2.75) is 95.4 Å². The minimum atomic E-state index is -4.56. The molecule has 0 unspecified atom stereocenters. The second-order valence-electron chi connectivity index (χ2n) is 19.4. The lowest BCUT2D eigenvalue weighted by Gasteiger charge is -2.31. The Morgan fingerprint density at radius 1 is 0.435 bits per heavy atom. The average Bonchev–Trinajstić information content (AvgIpc) is 3.14. The Morgan fingerprint density at radius 2 is 0.710 bits per heavy atom. The number of pyridine rings is 1. The molecule has 0 saturated heterocycles. The van der Waals surface area contributed by atoms with Gasteiger partial charge in [0.25, 0.3) is 0 Å². The van der Waals surface area contributed by atoms with Crippen molar-refractivity contribution in [3.63, 3.8) is 0 Å². The molecule has 0 radical (unpaired) electrons. The van der Waals surface area contributed by atoms with Crippen LogP contribution in [0.25, 0.3) is 11.4 Å². The lowest BCUT2D eigenvalue weighted by atomic mass is 9.71. The number of rotatable bonds is 6. The van der Waals surface area contributed by atoms with Crippen molar-refractivity contribution < 1.29 is 35.9 Å². The van der Waals surface area contributed by atoms with E-state index in [1.165, 1.54) is 24.3 Å². The summed E-state index contributed by atoms with van der Waals surface area (Å²) in [5.74, 6) is -0.278. The van der Waals surface area contributed by atoms with E-state index < -0.39 is 45.1 Å². The predicted octanol–water partition coefficient (Wildman–Crippen LogP) is 15.2. The van der Waals surface area contributed by atoms with Gasteiger partial charge in [0.05, 0.1) is 33.9 Å². The third kappa shape index (κ3) is 11.0. The number of azo groups is 2. The van der Waals surface area contributed by atoms with Gasteiger partial charge in [-0.25, -0.2) is 4.98 Å². The van der Waals surface area contributed by atoms with Gasteiger partial charge in [0, 0.05) is 33.4 Å². The lowest BCUT2D eigenvalue weighted by Crippen LogP contribution is -2.28. The minimum absolute atomic E-state index is 0.124. The summed E-state index contributed by atoms with van der Waals surface area (Å²) in [4.78, 5) is 33.0. The number of benzene rings is 2. The van der Waals surface area contributed by atoms with Crippen LogP contribution in [0.5, 0.6) is 0 Å². The fourth-order valence-electron chi connectivity index (χ4n) is 6.62.